The van der Waals surface area contributed by atoms with Crippen molar-refractivity contribution in [3.63, 3.8) is 0 Å². The minimum atomic E-state index is 0.371. The molecule has 0 spiro atoms. The van der Waals surface area contributed by atoms with E-state index in [1.54, 1.807) is 12.1 Å². The topological polar surface area (TPSA) is 28.7 Å². The summed E-state index contributed by atoms with van der Waals surface area (Å²) >= 11 is 25.1. The maximum atomic E-state index is 6.06. The van der Waals surface area contributed by atoms with E-state index in [2.05, 4.69) is 41.8 Å². The quantitative estimate of drug-likeness (QED) is 0.384. The Hall–Kier alpha value is -0.520. The second-order valence-electron chi connectivity index (χ2n) is 4.92. The number of hydrogen-bond acceptors (Lipinski definition) is 1. The number of halogens is 5. The zero-order chi connectivity index (χ0) is 16.6. The first kappa shape index (κ1) is 17.3. The van der Waals surface area contributed by atoms with E-state index in [0.29, 0.717) is 21.5 Å². The molecule has 118 valence electrons. The second-order valence-corrected chi connectivity index (χ2v) is 7.88. The average molecular weight is 495 g/mol. The first-order valence-corrected chi connectivity index (χ1v) is 9.29. The summed E-state index contributed by atoms with van der Waals surface area (Å²) in [5.74, 6) is 0.823. The molecular formula is C16H9Br2Cl3N2. The Morgan fingerprint density at radius 1 is 1.00 bits per heavy atom. The van der Waals surface area contributed by atoms with Gasteiger partial charge in [0, 0.05) is 20.9 Å². The predicted molar refractivity (Wildman–Crippen MR) is 104 cm³/mol. The maximum absolute atomic E-state index is 6.06. The van der Waals surface area contributed by atoms with Gasteiger partial charge in [-0.2, -0.15) is 0 Å². The molecule has 23 heavy (non-hydrogen) atoms. The van der Waals surface area contributed by atoms with E-state index in [1.165, 1.54) is 0 Å². The number of nitrogens with one attached hydrogen (secondary N) is 1. The minimum absolute atomic E-state index is 0.371. The Morgan fingerprint density at radius 3 is 2.35 bits per heavy atom. The third-order valence-corrected chi connectivity index (χ3v) is 5.61. The Morgan fingerprint density at radius 2 is 1.70 bits per heavy atom. The molecular weight excluding hydrogens is 486 g/mol. The van der Waals surface area contributed by atoms with Crippen LogP contribution in [0.15, 0.2) is 45.5 Å². The molecule has 1 N–H and O–H groups in total. The number of benzene rings is 2. The molecule has 2 aromatic carbocycles. The fraction of sp³-hybridized carbons (Fsp3) is 0.0625. The number of aromatic nitrogens is 2. The summed E-state index contributed by atoms with van der Waals surface area (Å²) in [4.78, 5) is 7.74. The van der Waals surface area contributed by atoms with Gasteiger partial charge in [0.2, 0.25) is 0 Å². The van der Waals surface area contributed by atoms with Crippen molar-refractivity contribution in [2.75, 3.05) is 0 Å². The molecule has 2 nitrogen and oxygen atoms in total. The van der Waals surface area contributed by atoms with Gasteiger partial charge in [-0.15, -0.1) is 0 Å². The molecule has 0 unspecified atom stereocenters. The summed E-state index contributed by atoms with van der Waals surface area (Å²) in [5, 5.41) is 1.25. The minimum Gasteiger partial charge on any atom is -0.342 e. The Balaban J connectivity index is 1.88. The molecule has 1 heterocycles. The molecule has 3 aromatic rings. The number of nitrogens with zero attached hydrogens (tertiary/aromatic N) is 1. The van der Waals surface area contributed by atoms with Crippen LogP contribution in [0.3, 0.4) is 0 Å². The number of imidazole rings is 1. The van der Waals surface area contributed by atoms with Crippen molar-refractivity contribution < 1.29 is 0 Å². The zero-order valence-electron chi connectivity index (χ0n) is 11.5. The van der Waals surface area contributed by atoms with Crippen LogP contribution in [0.2, 0.25) is 15.1 Å². The first-order valence-electron chi connectivity index (χ1n) is 6.57. The fourth-order valence-electron chi connectivity index (χ4n) is 2.20. The summed E-state index contributed by atoms with van der Waals surface area (Å²) in [6, 6.07) is 9.59. The summed E-state index contributed by atoms with van der Waals surface area (Å²) in [7, 11) is 0. The van der Waals surface area contributed by atoms with Gasteiger partial charge >= 0.3 is 0 Å². The average Bonchev–Trinajstić information content (AvgIpc) is 2.93. The van der Waals surface area contributed by atoms with E-state index in [0.717, 1.165) is 31.6 Å². The van der Waals surface area contributed by atoms with Crippen molar-refractivity contribution in [1.82, 2.24) is 9.97 Å². The van der Waals surface area contributed by atoms with Crippen molar-refractivity contribution in [3.05, 3.63) is 71.9 Å². The largest absolute Gasteiger partial charge is 0.342 e. The number of aromatic amines is 1. The molecule has 0 saturated heterocycles. The molecule has 0 aliphatic carbocycles. The molecule has 0 atom stereocenters. The lowest BCUT2D eigenvalue weighted by molar-refractivity contribution is 1.03. The Bertz CT molecular complexity index is 855. The molecule has 0 amide bonds. The summed E-state index contributed by atoms with van der Waals surface area (Å²) < 4.78 is 2.00. The predicted octanol–water partition coefficient (Wildman–Crippen LogP) is 7.15. The van der Waals surface area contributed by atoms with E-state index in [1.807, 2.05) is 24.4 Å². The third kappa shape index (κ3) is 3.94. The smallest absolute Gasteiger partial charge is 0.110 e. The highest BCUT2D eigenvalue weighted by Gasteiger charge is 2.10. The first-order chi connectivity index (χ1) is 10.9. The Labute approximate surface area is 165 Å². The van der Waals surface area contributed by atoms with Crippen molar-refractivity contribution in [1.29, 1.82) is 0 Å². The van der Waals surface area contributed by atoms with Crippen molar-refractivity contribution in [3.8, 4) is 11.3 Å². The van der Waals surface area contributed by atoms with Crippen molar-refractivity contribution in [2.45, 2.75) is 6.42 Å². The normalized spacial score (nSPS) is 11.0. The summed E-state index contributed by atoms with van der Waals surface area (Å²) in [5.41, 5.74) is 2.92. The Kier molecular flexibility index (Phi) is 5.39. The fourth-order valence-corrected chi connectivity index (χ4v) is 4.10. The highest BCUT2D eigenvalue weighted by Crippen LogP contribution is 2.32. The molecule has 3 rings (SSSR count). The van der Waals surface area contributed by atoms with Crippen LogP contribution in [-0.4, -0.2) is 9.97 Å². The van der Waals surface area contributed by atoms with Gasteiger partial charge < -0.3 is 4.98 Å². The lowest BCUT2D eigenvalue weighted by atomic mass is 10.1. The van der Waals surface area contributed by atoms with E-state index in [4.69, 9.17) is 34.8 Å². The number of H-pyrrole nitrogens is 1. The SMILES string of the molecule is Clc1cc(Cc2ncc(-c3ccc(Br)cc3Br)[nH]2)cc(Cl)c1Cl. The van der Waals surface area contributed by atoms with Crippen LogP contribution in [0.4, 0.5) is 0 Å². The zero-order valence-corrected chi connectivity index (χ0v) is 16.9. The standard InChI is InChI=1S/C16H9Br2Cl3N2/c17-9-1-2-10(11(18)6-9)14-7-22-15(23-14)5-8-3-12(19)16(21)13(20)4-8/h1-4,6-7H,5H2,(H,22,23). The highest BCUT2D eigenvalue weighted by molar-refractivity contribution is 9.11. The maximum Gasteiger partial charge on any atom is 0.110 e. The second kappa shape index (κ2) is 7.16. The molecule has 7 heteroatoms. The molecule has 0 aliphatic rings. The monoisotopic (exact) mass is 492 g/mol. The van der Waals surface area contributed by atoms with Crippen LogP contribution < -0.4 is 0 Å². The van der Waals surface area contributed by atoms with Crippen LogP contribution in [-0.2, 0) is 6.42 Å². The van der Waals surface area contributed by atoms with Crippen LogP contribution >= 0.6 is 66.7 Å². The number of rotatable bonds is 3. The van der Waals surface area contributed by atoms with Gasteiger partial charge in [-0.1, -0.05) is 72.7 Å². The molecule has 1 aromatic heterocycles. The highest BCUT2D eigenvalue weighted by atomic mass is 79.9. The van der Waals surface area contributed by atoms with Gasteiger partial charge in [-0.05, 0) is 29.8 Å². The van der Waals surface area contributed by atoms with E-state index < -0.39 is 0 Å². The van der Waals surface area contributed by atoms with Crippen molar-refractivity contribution >= 4 is 66.7 Å². The van der Waals surface area contributed by atoms with Gasteiger partial charge in [0.25, 0.3) is 0 Å². The van der Waals surface area contributed by atoms with E-state index >= 15 is 0 Å². The van der Waals surface area contributed by atoms with Gasteiger partial charge in [-0.3, -0.25) is 0 Å². The molecule has 0 fully saturated rings. The van der Waals surface area contributed by atoms with Crippen molar-refractivity contribution in [2.24, 2.45) is 0 Å². The molecule has 0 aliphatic heterocycles. The number of hydrogen-bond donors (Lipinski definition) is 1. The third-order valence-electron chi connectivity index (χ3n) is 3.26. The van der Waals surface area contributed by atoms with Crippen LogP contribution in [0.1, 0.15) is 11.4 Å². The van der Waals surface area contributed by atoms with Crippen LogP contribution in [0.5, 0.6) is 0 Å². The van der Waals surface area contributed by atoms with E-state index in [-0.39, 0.29) is 0 Å². The van der Waals surface area contributed by atoms with Gasteiger partial charge in [-0.25, -0.2) is 4.98 Å². The van der Waals surface area contributed by atoms with Gasteiger partial charge in [0.1, 0.15) is 5.82 Å². The van der Waals surface area contributed by atoms with Gasteiger partial charge in [0.15, 0.2) is 0 Å². The van der Waals surface area contributed by atoms with Crippen LogP contribution in [0.25, 0.3) is 11.3 Å². The lowest BCUT2D eigenvalue weighted by Crippen LogP contribution is -1.92. The lowest BCUT2D eigenvalue weighted by Gasteiger charge is -2.04. The van der Waals surface area contributed by atoms with Crippen LogP contribution in [0, 0.1) is 0 Å². The van der Waals surface area contributed by atoms with E-state index in [9.17, 15) is 0 Å². The van der Waals surface area contributed by atoms with Gasteiger partial charge in [0.05, 0.1) is 27.0 Å². The summed E-state index contributed by atoms with van der Waals surface area (Å²) in [6.07, 6.45) is 2.40. The molecule has 0 saturated carbocycles. The molecule has 0 bridgehead atoms. The summed E-state index contributed by atoms with van der Waals surface area (Å²) in [6.45, 7) is 0. The molecule has 0 radical (unpaired) electrons.